The van der Waals surface area contributed by atoms with Crippen molar-refractivity contribution in [3.8, 4) is 17.1 Å². The van der Waals surface area contributed by atoms with Gasteiger partial charge in [0.05, 0.1) is 19.7 Å². The molecule has 24 heavy (non-hydrogen) atoms. The van der Waals surface area contributed by atoms with E-state index in [1.807, 2.05) is 30.5 Å². The zero-order valence-electron chi connectivity index (χ0n) is 13.2. The largest absolute Gasteiger partial charge is 0.497 e. The van der Waals surface area contributed by atoms with E-state index in [2.05, 4.69) is 19.9 Å². The lowest BCUT2D eigenvalue weighted by Gasteiger charge is -2.08. The smallest absolute Gasteiger partial charge is 0.157 e. The van der Waals surface area contributed by atoms with E-state index in [1.54, 1.807) is 25.9 Å². The number of pyridine rings is 2. The van der Waals surface area contributed by atoms with Crippen LogP contribution < -0.4 is 4.74 Å². The number of aromatic nitrogens is 4. The van der Waals surface area contributed by atoms with E-state index < -0.39 is 0 Å². The molecule has 6 heteroatoms. The van der Waals surface area contributed by atoms with Crippen LogP contribution in [0.15, 0.2) is 53.7 Å². The predicted octanol–water partition coefficient (Wildman–Crippen LogP) is 3.41. The molecule has 4 aromatic heterocycles. The molecule has 0 saturated heterocycles. The van der Waals surface area contributed by atoms with E-state index in [-0.39, 0.29) is 0 Å². The van der Waals surface area contributed by atoms with Crippen molar-refractivity contribution in [1.82, 2.24) is 19.9 Å². The van der Waals surface area contributed by atoms with Gasteiger partial charge in [0.2, 0.25) is 0 Å². The van der Waals surface area contributed by atoms with Gasteiger partial charge in [0.15, 0.2) is 5.65 Å². The molecule has 4 aromatic rings. The molecule has 0 spiro atoms. The van der Waals surface area contributed by atoms with Crippen LogP contribution in [0.4, 0.5) is 0 Å². The summed E-state index contributed by atoms with van der Waals surface area (Å²) in [6.07, 6.45) is 8.47. The minimum absolute atomic E-state index is 0.775. The third-order valence-electron chi connectivity index (χ3n) is 3.99. The van der Waals surface area contributed by atoms with Crippen LogP contribution in [0.5, 0.6) is 5.75 Å². The fourth-order valence-electron chi connectivity index (χ4n) is 2.81. The minimum atomic E-state index is 0.775. The van der Waals surface area contributed by atoms with Crippen LogP contribution in [0.3, 0.4) is 0 Å². The van der Waals surface area contributed by atoms with Gasteiger partial charge < -0.3 is 14.1 Å². The van der Waals surface area contributed by atoms with Crippen molar-refractivity contribution in [2.75, 3.05) is 7.11 Å². The van der Waals surface area contributed by atoms with Crippen molar-refractivity contribution in [2.45, 2.75) is 12.8 Å². The number of furan rings is 1. The van der Waals surface area contributed by atoms with Crippen LogP contribution in [0, 0.1) is 0 Å². The molecular formula is C18H16N4O2. The molecule has 0 bridgehead atoms. The van der Waals surface area contributed by atoms with Gasteiger partial charge >= 0.3 is 0 Å². The number of methoxy groups -OCH3 is 1. The number of hydrogen-bond acceptors (Lipinski definition) is 5. The normalized spacial score (nSPS) is 11.0. The van der Waals surface area contributed by atoms with Crippen molar-refractivity contribution in [3.05, 3.63) is 60.5 Å². The fraction of sp³-hybridized carbons (Fsp3) is 0.167. The summed E-state index contributed by atoms with van der Waals surface area (Å²) in [6, 6.07) is 7.60. The molecule has 0 unspecified atom stereocenters. The summed E-state index contributed by atoms with van der Waals surface area (Å²) in [4.78, 5) is 16.3. The lowest BCUT2D eigenvalue weighted by molar-refractivity contribution is 0.413. The predicted molar refractivity (Wildman–Crippen MR) is 89.8 cm³/mol. The van der Waals surface area contributed by atoms with Crippen LogP contribution in [-0.4, -0.2) is 27.0 Å². The molecule has 0 aliphatic carbocycles. The maximum Gasteiger partial charge on any atom is 0.157 e. The van der Waals surface area contributed by atoms with E-state index in [4.69, 9.17) is 9.15 Å². The van der Waals surface area contributed by atoms with E-state index in [9.17, 15) is 0 Å². The summed E-state index contributed by atoms with van der Waals surface area (Å²) < 4.78 is 10.8. The Labute approximate surface area is 138 Å². The Morgan fingerprint density at radius 3 is 2.96 bits per heavy atom. The van der Waals surface area contributed by atoms with Crippen molar-refractivity contribution >= 4 is 11.2 Å². The van der Waals surface area contributed by atoms with Gasteiger partial charge in [-0.25, -0.2) is 9.97 Å². The van der Waals surface area contributed by atoms with E-state index in [0.717, 1.165) is 52.3 Å². The molecule has 4 heterocycles. The molecular weight excluding hydrogens is 304 g/mol. The van der Waals surface area contributed by atoms with Crippen molar-refractivity contribution in [3.63, 3.8) is 0 Å². The number of rotatable bonds is 5. The number of aryl methyl sites for hydroxylation is 2. The SMILES string of the molecule is COc1ccnc(CCc2c(-c3ccco3)cnc3[nH]cnc23)c1. The first-order chi connectivity index (χ1) is 11.8. The third kappa shape index (κ3) is 2.62. The monoisotopic (exact) mass is 320 g/mol. The van der Waals surface area contributed by atoms with Gasteiger partial charge in [-0.05, 0) is 36.6 Å². The maximum atomic E-state index is 5.56. The summed E-state index contributed by atoms with van der Waals surface area (Å²) in [5, 5.41) is 0. The quantitative estimate of drug-likeness (QED) is 0.610. The molecule has 0 aliphatic rings. The zero-order valence-corrected chi connectivity index (χ0v) is 13.2. The van der Waals surface area contributed by atoms with Gasteiger partial charge in [-0.15, -0.1) is 0 Å². The second-order valence-corrected chi connectivity index (χ2v) is 5.41. The molecule has 0 fully saturated rings. The lowest BCUT2D eigenvalue weighted by Crippen LogP contribution is -1.99. The molecule has 120 valence electrons. The van der Waals surface area contributed by atoms with Gasteiger partial charge in [-0.2, -0.15) is 0 Å². The highest BCUT2D eigenvalue weighted by atomic mass is 16.5. The number of H-pyrrole nitrogens is 1. The fourth-order valence-corrected chi connectivity index (χ4v) is 2.81. The Morgan fingerprint density at radius 1 is 1.17 bits per heavy atom. The molecule has 0 aromatic carbocycles. The number of aromatic amines is 1. The Bertz CT molecular complexity index is 960. The Balaban J connectivity index is 1.71. The first-order valence-corrected chi connectivity index (χ1v) is 7.69. The van der Waals surface area contributed by atoms with Gasteiger partial charge in [0, 0.05) is 29.7 Å². The van der Waals surface area contributed by atoms with Crippen LogP contribution >= 0.6 is 0 Å². The highest BCUT2D eigenvalue weighted by Gasteiger charge is 2.15. The lowest BCUT2D eigenvalue weighted by atomic mass is 10.0. The standard InChI is InChI=1S/C18H16N4O2/c1-23-13-6-7-19-12(9-13)4-5-14-15(16-3-2-8-24-16)10-20-18-17(14)21-11-22-18/h2-3,6-11H,4-5H2,1H3,(H,20,21,22). The number of imidazole rings is 1. The molecule has 0 radical (unpaired) electrons. The summed E-state index contributed by atoms with van der Waals surface area (Å²) >= 11 is 0. The summed E-state index contributed by atoms with van der Waals surface area (Å²) in [6.45, 7) is 0. The van der Waals surface area contributed by atoms with E-state index in [1.165, 1.54) is 0 Å². The minimum Gasteiger partial charge on any atom is -0.497 e. The number of nitrogens with one attached hydrogen (secondary N) is 1. The van der Waals surface area contributed by atoms with Gasteiger partial charge in [-0.3, -0.25) is 4.98 Å². The average molecular weight is 320 g/mol. The van der Waals surface area contributed by atoms with E-state index >= 15 is 0 Å². The molecule has 0 atom stereocenters. The Kier molecular flexibility index (Phi) is 3.70. The average Bonchev–Trinajstić information content (AvgIpc) is 3.31. The molecule has 4 rings (SSSR count). The van der Waals surface area contributed by atoms with Crippen LogP contribution in [0.2, 0.25) is 0 Å². The zero-order chi connectivity index (χ0) is 16.4. The number of fused-ring (bicyclic) bond motifs is 1. The van der Waals surface area contributed by atoms with Crippen molar-refractivity contribution in [2.24, 2.45) is 0 Å². The molecule has 1 N–H and O–H groups in total. The summed E-state index contributed by atoms with van der Waals surface area (Å²) in [5.74, 6) is 1.60. The second kappa shape index (κ2) is 6.16. The third-order valence-corrected chi connectivity index (χ3v) is 3.99. The summed E-state index contributed by atoms with van der Waals surface area (Å²) in [7, 11) is 1.66. The van der Waals surface area contributed by atoms with Crippen molar-refractivity contribution < 1.29 is 9.15 Å². The van der Waals surface area contributed by atoms with Gasteiger partial charge in [-0.1, -0.05) is 0 Å². The van der Waals surface area contributed by atoms with E-state index in [0.29, 0.717) is 0 Å². The van der Waals surface area contributed by atoms with Crippen molar-refractivity contribution in [1.29, 1.82) is 0 Å². The highest BCUT2D eigenvalue weighted by molar-refractivity contribution is 5.82. The molecule has 0 amide bonds. The maximum absolute atomic E-state index is 5.56. The first-order valence-electron chi connectivity index (χ1n) is 7.69. The Morgan fingerprint density at radius 2 is 2.12 bits per heavy atom. The van der Waals surface area contributed by atoms with Gasteiger partial charge in [0.25, 0.3) is 0 Å². The molecule has 6 nitrogen and oxygen atoms in total. The van der Waals surface area contributed by atoms with Crippen LogP contribution in [0.25, 0.3) is 22.5 Å². The first kappa shape index (κ1) is 14.4. The Hall–Kier alpha value is -3.15. The topological polar surface area (TPSA) is 76.8 Å². The molecule has 0 saturated carbocycles. The van der Waals surface area contributed by atoms with Gasteiger partial charge in [0.1, 0.15) is 17.0 Å². The summed E-state index contributed by atoms with van der Waals surface area (Å²) in [5.41, 5.74) is 4.68. The second-order valence-electron chi connectivity index (χ2n) is 5.41. The number of ether oxygens (including phenoxy) is 1. The molecule has 0 aliphatic heterocycles. The number of nitrogens with zero attached hydrogens (tertiary/aromatic N) is 3. The highest BCUT2D eigenvalue weighted by Crippen LogP contribution is 2.29. The van der Waals surface area contributed by atoms with Crippen LogP contribution in [-0.2, 0) is 12.8 Å². The van der Waals surface area contributed by atoms with Crippen LogP contribution in [0.1, 0.15) is 11.3 Å². The number of hydrogen-bond donors (Lipinski definition) is 1.